The SMILES string of the molecule is Clc1cccc(Cl)c1-c1nocc1CN1CCOCC1. The molecule has 2 heterocycles. The highest BCUT2D eigenvalue weighted by atomic mass is 35.5. The van der Waals surface area contributed by atoms with Crippen LogP contribution in [0.1, 0.15) is 5.56 Å². The number of rotatable bonds is 3. The monoisotopic (exact) mass is 312 g/mol. The molecule has 0 bridgehead atoms. The number of hydrogen-bond donors (Lipinski definition) is 0. The molecule has 0 aliphatic carbocycles. The standard InChI is InChI=1S/C14H14Cl2N2O2/c15-11-2-1-3-12(16)13(11)14-10(9-20-17-14)8-18-4-6-19-7-5-18/h1-3,9H,4-8H2. The summed E-state index contributed by atoms with van der Waals surface area (Å²) in [7, 11) is 0. The van der Waals surface area contributed by atoms with Crippen LogP contribution in [0.25, 0.3) is 11.3 Å². The predicted octanol–water partition coefficient (Wildman–Crippen LogP) is 3.48. The average Bonchev–Trinajstić information content (AvgIpc) is 2.88. The van der Waals surface area contributed by atoms with Gasteiger partial charge in [-0.25, -0.2) is 0 Å². The maximum Gasteiger partial charge on any atom is 0.128 e. The zero-order valence-corrected chi connectivity index (χ0v) is 12.3. The number of halogens is 2. The minimum absolute atomic E-state index is 0.578. The average molecular weight is 313 g/mol. The Morgan fingerprint density at radius 1 is 1.15 bits per heavy atom. The number of benzene rings is 1. The second-order valence-corrected chi connectivity index (χ2v) is 5.49. The van der Waals surface area contributed by atoms with E-state index in [1.54, 1.807) is 18.4 Å². The number of aromatic nitrogens is 1. The molecule has 0 saturated carbocycles. The Morgan fingerprint density at radius 2 is 1.85 bits per heavy atom. The van der Waals surface area contributed by atoms with Crippen molar-refractivity contribution in [2.45, 2.75) is 6.54 Å². The summed E-state index contributed by atoms with van der Waals surface area (Å²) in [6.07, 6.45) is 1.66. The van der Waals surface area contributed by atoms with Crippen molar-refractivity contribution >= 4 is 23.2 Å². The summed E-state index contributed by atoms with van der Waals surface area (Å²) in [5, 5.41) is 5.23. The van der Waals surface area contributed by atoms with Gasteiger partial charge >= 0.3 is 0 Å². The molecule has 0 radical (unpaired) electrons. The molecule has 0 spiro atoms. The Balaban J connectivity index is 1.89. The van der Waals surface area contributed by atoms with Gasteiger partial charge in [-0.3, -0.25) is 4.90 Å². The summed E-state index contributed by atoms with van der Waals surface area (Å²) in [4.78, 5) is 2.30. The maximum absolute atomic E-state index is 6.24. The highest BCUT2D eigenvalue weighted by Crippen LogP contribution is 2.35. The summed E-state index contributed by atoms with van der Waals surface area (Å²) >= 11 is 12.5. The molecule has 2 aromatic rings. The summed E-state index contributed by atoms with van der Waals surface area (Å²) in [5.41, 5.74) is 2.43. The van der Waals surface area contributed by atoms with Gasteiger partial charge in [-0.1, -0.05) is 34.4 Å². The molecular formula is C14H14Cl2N2O2. The lowest BCUT2D eigenvalue weighted by atomic mass is 10.1. The second kappa shape index (κ2) is 6.14. The summed E-state index contributed by atoms with van der Waals surface area (Å²) in [6.45, 7) is 4.08. The quantitative estimate of drug-likeness (QED) is 0.869. The third-order valence-corrected chi connectivity index (χ3v) is 3.97. The van der Waals surface area contributed by atoms with Crippen LogP contribution in [0.3, 0.4) is 0 Å². The van der Waals surface area contributed by atoms with E-state index < -0.39 is 0 Å². The third kappa shape index (κ3) is 2.83. The van der Waals surface area contributed by atoms with Crippen molar-refractivity contribution in [1.82, 2.24) is 10.1 Å². The lowest BCUT2D eigenvalue weighted by molar-refractivity contribution is 0.0342. The Morgan fingerprint density at radius 3 is 2.55 bits per heavy atom. The molecule has 1 aliphatic rings. The van der Waals surface area contributed by atoms with Crippen molar-refractivity contribution < 1.29 is 9.26 Å². The van der Waals surface area contributed by atoms with Crippen LogP contribution in [-0.2, 0) is 11.3 Å². The zero-order chi connectivity index (χ0) is 13.9. The van der Waals surface area contributed by atoms with Gasteiger partial charge in [0.15, 0.2) is 0 Å². The number of ether oxygens (including phenoxy) is 1. The Kier molecular flexibility index (Phi) is 4.27. The van der Waals surface area contributed by atoms with Crippen LogP contribution < -0.4 is 0 Å². The van der Waals surface area contributed by atoms with Crippen LogP contribution >= 0.6 is 23.2 Å². The molecule has 20 heavy (non-hydrogen) atoms. The maximum atomic E-state index is 6.24. The molecule has 1 aromatic carbocycles. The first-order valence-corrected chi connectivity index (χ1v) is 7.19. The molecule has 6 heteroatoms. The van der Waals surface area contributed by atoms with Crippen molar-refractivity contribution in [3.8, 4) is 11.3 Å². The molecule has 0 N–H and O–H groups in total. The van der Waals surface area contributed by atoms with E-state index in [0.717, 1.165) is 44.0 Å². The van der Waals surface area contributed by atoms with E-state index >= 15 is 0 Å². The van der Waals surface area contributed by atoms with Gasteiger partial charge in [0, 0.05) is 30.8 Å². The molecule has 1 aliphatic heterocycles. The largest absolute Gasteiger partial charge is 0.379 e. The van der Waals surface area contributed by atoms with Crippen LogP contribution in [0.15, 0.2) is 29.0 Å². The van der Waals surface area contributed by atoms with E-state index in [0.29, 0.717) is 15.7 Å². The lowest BCUT2D eigenvalue weighted by Crippen LogP contribution is -2.35. The Bertz CT molecular complexity index is 574. The van der Waals surface area contributed by atoms with Crippen LogP contribution in [-0.4, -0.2) is 36.4 Å². The van der Waals surface area contributed by atoms with Crippen LogP contribution in [0, 0.1) is 0 Å². The Labute approximate surface area is 127 Å². The van der Waals surface area contributed by atoms with E-state index in [2.05, 4.69) is 10.1 Å². The Hall–Kier alpha value is -1.07. The molecule has 0 amide bonds. The third-order valence-electron chi connectivity index (χ3n) is 3.34. The molecule has 0 atom stereocenters. The predicted molar refractivity (Wildman–Crippen MR) is 78.1 cm³/mol. The fourth-order valence-corrected chi connectivity index (χ4v) is 2.88. The van der Waals surface area contributed by atoms with Gasteiger partial charge in [0.25, 0.3) is 0 Å². The minimum atomic E-state index is 0.578. The van der Waals surface area contributed by atoms with E-state index in [-0.39, 0.29) is 0 Å². The molecular weight excluding hydrogens is 299 g/mol. The normalized spacial score (nSPS) is 16.5. The zero-order valence-electron chi connectivity index (χ0n) is 10.8. The van der Waals surface area contributed by atoms with E-state index in [4.69, 9.17) is 32.5 Å². The van der Waals surface area contributed by atoms with Gasteiger partial charge in [-0.05, 0) is 12.1 Å². The molecule has 3 rings (SSSR count). The van der Waals surface area contributed by atoms with Crippen molar-refractivity contribution in [1.29, 1.82) is 0 Å². The number of morpholine rings is 1. The van der Waals surface area contributed by atoms with E-state index in [9.17, 15) is 0 Å². The van der Waals surface area contributed by atoms with Crippen molar-refractivity contribution in [3.63, 3.8) is 0 Å². The van der Waals surface area contributed by atoms with Gasteiger partial charge in [0.05, 0.1) is 23.3 Å². The smallest absolute Gasteiger partial charge is 0.128 e. The molecule has 106 valence electrons. The highest BCUT2D eigenvalue weighted by molar-refractivity contribution is 6.39. The molecule has 1 saturated heterocycles. The van der Waals surface area contributed by atoms with Gasteiger partial charge in [-0.2, -0.15) is 0 Å². The van der Waals surface area contributed by atoms with Gasteiger partial charge in [0.2, 0.25) is 0 Å². The first-order chi connectivity index (χ1) is 9.75. The molecule has 1 aromatic heterocycles. The van der Waals surface area contributed by atoms with Crippen molar-refractivity contribution in [2.75, 3.05) is 26.3 Å². The second-order valence-electron chi connectivity index (χ2n) is 4.67. The van der Waals surface area contributed by atoms with Crippen LogP contribution in [0.5, 0.6) is 0 Å². The first kappa shape index (κ1) is 13.9. The number of nitrogens with zero attached hydrogens (tertiary/aromatic N) is 2. The van der Waals surface area contributed by atoms with Crippen LogP contribution in [0.4, 0.5) is 0 Å². The minimum Gasteiger partial charge on any atom is -0.379 e. The van der Waals surface area contributed by atoms with E-state index in [1.165, 1.54) is 0 Å². The van der Waals surface area contributed by atoms with Gasteiger partial charge in [0.1, 0.15) is 12.0 Å². The van der Waals surface area contributed by atoms with E-state index in [1.807, 2.05) is 6.07 Å². The summed E-state index contributed by atoms with van der Waals surface area (Å²) in [5.74, 6) is 0. The van der Waals surface area contributed by atoms with Crippen molar-refractivity contribution in [3.05, 3.63) is 40.1 Å². The molecule has 0 unspecified atom stereocenters. The van der Waals surface area contributed by atoms with Crippen molar-refractivity contribution in [2.24, 2.45) is 0 Å². The highest BCUT2D eigenvalue weighted by Gasteiger charge is 2.19. The van der Waals surface area contributed by atoms with Gasteiger partial charge in [-0.15, -0.1) is 0 Å². The topological polar surface area (TPSA) is 38.5 Å². The lowest BCUT2D eigenvalue weighted by Gasteiger charge is -2.26. The first-order valence-electron chi connectivity index (χ1n) is 6.43. The van der Waals surface area contributed by atoms with Crippen LogP contribution in [0.2, 0.25) is 10.0 Å². The fourth-order valence-electron chi connectivity index (χ4n) is 2.30. The number of hydrogen-bond acceptors (Lipinski definition) is 4. The molecule has 1 fully saturated rings. The van der Waals surface area contributed by atoms with Gasteiger partial charge < -0.3 is 9.26 Å². The molecule has 4 nitrogen and oxygen atoms in total. The summed E-state index contributed by atoms with van der Waals surface area (Å²) in [6, 6.07) is 5.42. The fraction of sp³-hybridized carbons (Fsp3) is 0.357. The summed E-state index contributed by atoms with van der Waals surface area (Å²) < 4.78 is 10.5.